The van der Waals surface area contributed by atoms with Gasteiger partial charge in [-0.15, -0.1) is 0 Å². The van der Waals surface area contributed by atoms with Crippen LogP contribution in [0.4, 0.5) is 0 Å². The monoisotopic (exact) mass is 308 g/mol. The molecule has 2 aromatic rings. The molecule has 1 heterocycles. The molecule has 0 atom stereocenters. The van der Waals surface area contributed by atoms with Gasteiger partial charge in [-0.2, -0.15) is 5.10 Å². The minimum atomic E-state index is 0.127. The van der Waals surface area contributed by atoms with Crippen LogP contribution in [-0.4, -0.2) is 16.3 Å². The average Bonchev–Trinajstić information content (AvgIpc) is 2.30. The van der Waals surface area contributed by atoms with Crippen LogP contribution in [0.1, 0.15) is 5.69 Å². The van der Waals surface area contributed by atoms with Crippen LogP contribution in [0, 0.1) is 0 Å². The molecule has 4 nitrogen and oxygen atoms in total. The van der Waals surface area contributed by atoms with E-state index >= 15 is 0 Å². The molecule has 6 heteroatoms. The first kappa shape index (κ1) is 11.9. The molecule has 0 saturated heterocycles. The number of pyridine rings is 1. The summed E-state index contributed by atoms with van der Waals surface area (Å²) in [7, 11) is 0. The largest absolute Gasteiger partial charge is 0.375 e. The maximum absolute atomic E-state index is 5.27. The van der Waals surface area contributed by atoms with Crippen LogP contribution in [-0.2, 0) is 0 Å². The normalized spacial score (nSPS) is 10.9. The van der Waals surface area contributed by atoms with Crippen molar-refractivity contribution in [1.29, 1.82) is 0 Å². The molecule has 17 heavy (non-hydrogen) atoms. The molecular weight excluding hydrogens is 300 g/mol. The molecule has 0 aliphatic carbocycles. The number of hydrazone groups is 1. The highest BCUT2D eigenvalue weighted by Gasteiger charge is 2.02. The molecule has 0 aliphatic rings. The second-order valence-corrected chi connectivity index (χ2v) is 4.56. The molecule has 0 aliphatic heterocycles. The van der Waals surface area contributed by atoms with Crippen LogP contribution in [0.2, 0.25) is 0 Å². The highest BCUT2D eigenvalue weighted by Crippen LogP contribution is 2.24. The number of aromatic nitrogens is 1. The zero-order chi connectivity index (χ0) is 12.3. The number of thiocarbonyl (C=S) groups is 1. The first-order chi connectivity index (χ1) is 8.18. The Bertz CT molecular complexity index is 597. The van der Waals surface area contributed by atoms with Crippen molar-refractivity contribution >= 4 is 50.2 Å². The van der Waals surface area contributed by atoms with E-state index < -0.39 is 0 Å². The third-order valence-electron chi connectivity index (χ3n) is 2.15. The van der Waals surface area contributed by atoms with E-state index in [0.29, 0.717) is 0 Å². The topological polar surface area (TPSA) is 63.3 Å². The Labute approximate surface area is 112 Å². The molecule has 86 valence electrons. The summed E-state index contributed by atoms with van der Waals surface area (Å²) >= 11 is 8.15. The highest BCUT2D eigenvalue weighted by molar-refractivity contribution is 9.10. The first-order valence-corrected chi connectivity index (χ1v) is 6.00. The molecule has 3 N–H and O–H groups in total. The van der Waals surface area contributed by atoms with Crippen LogP contribution < -0.4 is 11.2 Å². The Morgan fingerprint density at radius 2 is 2.24 bits per heavy atom. The maximum atomic E-state index is 5.27. The zero-order valence-corrected chi connectivity index (χ0v) is 11.1. The van der Waals surface area contributed by atoms with E-state index in [4.69, 9.17) is 5.73 Å². The minimum absolute atomic E-state index is 0.127. The molecule has 0 saturated carbocycles. The van der Waals surface area contributed by atoms with Gasteiger partial charge in [-0.05, 0) is 29.7 Å². The van der Waals surface area contributed by atoms with Crippen molar-refractivity contribution in [1.82, 2.24) is 10.4 Å². The van der Waals surface area contributed by atoms with E-state index in [1.165, 1.54) is 0 Å². The van der Waals surface area contributed by atoms with Crippen molar-refractivity contribution in [2.45, 2.75) is 0 Å². The van der Waals surface area contributed by atoms with Gasteiger partial charge in [0.2, 0.25) is 0 Å². The number of halogens is 1. The summed E-state index contributed by atoms with van der Waals surface area (Å²) in [5.74, 6) is 0. The molecular formula is C11H9BrN4S. The molecule has 0 unspecified atom stereocenters. The zero-order valence-electron chi connectivity index (χ0n) is 8.72. The van der Waals surface area contributed by atoms with Crippen molar-refractivity contribution in [2.24, 2.45) is 10.8 Å². The Hall–Kier alpha value is -1.53. The van der Waals surface area contributed by atoms with Gasteiger partial charge in [0.05, 0.1) is 11.9 Å². The molecule has 0 bridgehead atoms. The van der Waals surface area contributed by atoms with E-state index in [1.54, 1.807) is 12.4 Å². The van der Waals surface area contributed by atoms with Crippen LogP contribution in [0.25, 0.3) is 10.8 Å². The molecule has 2 rings (SSSR count). The fraction of sp³-hybridized carbons (Fsp3) is 0. The molecule has 1 aromatic heterocycles. The lowest BCUT2D eigenvalue weighted by atomic mass is 10.1. The molecule has 0 spiro atoms. The summed E-state index contributed by atoms with van der Waals surface area (Å²) in [6.07, 6.45) is 3.32. The lowest BCUT2D eigenvalue weighted by Gasteiger charge is -2.02. The van der Waals surface area contributed by atoms with Gasteiger partial charge in [0, 0.05) is 16.1 Å². The number of hydrogen-bond acceptors (Lipinski definition) is 3. The number of benzene rings is 1. The average molecular weight is 309 g/mol. The summed E-state index contributed by atoms with van der Waals surface area (Å²) in [5, 5.41) is 6.12. The van der Waals surface area contributed by atoms with Gasteiger partial charge >= 0.3 is 0 Å². The van der Waals surface area contributed by atoms with Gasteiger partial charge in [-0.3, -0.25) is 10.4 Å². The van der Waals surface area contributed by atoms with Gasteiger partial charge in [0.1, 0.15) is 0 Å². The van der Waals surface area contributed by atoms with Crippen molar-refractivity contribution in [3.63, 3.8) is 0 Å². The standard InChI is InChI=1S/C11H9BrN4S/c12-9-3-1-2-8-7(9)4-5-14-10(8)6-15-16-11(13)17/h1-6H,(H3,13,16,17)/b15-6+. The summed E-state index contributed by atoms with van der Waals surface area (Å²) in [6, 6.07) is 7.86. The number of nitrogens with zero attached hydrogens (tertiary/aromatic N) is 2. The van der Waals surface area contributed by atoms with E-state index in [1.807, 2.05) is 24.3 Å². The van der Waals surface area contributed by atoms with Crippen molar-refractivity contribution in [3.05, 3.63) is 40.6 Å². The van der Waals surface area contributed by atoms with Gasteiger partial charge in [0.25, 0.3) is 0 Å². The maximum Gasteiger partial charge on any atom is 0.184 e. The SMILES string of the molecule is NC(=S)N/N=C/c1nccc2c(Br)cccc12. The van der Waals surface area contributed by atoms with E-state index in [2.05, 4.69) is 43.7 Å². The third-order valence-corrected chi connectivity index (χ3v) is 2.93. The van der Waals surface area contributed by atoms with Crippen LogP contribution in [0.5, 0.6) is 0 Å². The van der Waals surface area contributed by atoms with Crippen molar-refractivity contribution in [2.75, 3.05) is 0 Å². The summed E-state index contributed by atoms with van der Waals surface area (Å²) in [4.78, 5) is 4.25. The second kappa shape index (κ2) is 5.20. The van der Waals surface area contributed by atoms with E-state index in [-0.39, 0.29) is 5.11 Å². The molecule has 0 amide bonds. The van der Waals surface area contributed by atoms with E-state index in [9.17, 15) is 0 Å². The van der Waals surface area contributed by atoms with Crippen LogP contribution >= 0.6 is 28.1 Å². The molecule has 1 aromatic carbocycles. The Morgan fingerprint density at radius 1 is 1.41 bits per heavy atom. The Balaban J connectivity index is 2.44. The van der Waals surface area contributed by atoms with Gasteiger partial charge in [-0.1, -0.05) is 28.1 Å². The lowest BCUT2D eigenvalue weighted by Crippen LogP contribution is -2.24. The highest BCUT2D eigenvalue weighted by atomic mass is 79.9. The fourth-order valence-corrected chi connectivity index (χ4v) is 2.00. The van der Waals surface area contributed by atoms with Gasteiger partial charge < -0.3 is 5.73 Å². The quantitative estimate of drug-likeness (QED) is 0.507. The molecule has 0 radical (unpaired) electrons. The third kappa shape index (κ3) is 2.78. The fourth-order valence-electron chi connectivity index (χ4n) is 1.45. The predicted molar refractivity (Wildman–Crippen MR) is 77.0 cm³/mol. The Morgan fingerprint density at radius 3 is 3.00 bits per heavy atom. The van der Waals surface area contributed by atoms with Gasteiger partial charge in [-0.25, -0.2) is 0 Å². The minimum Gasteiger partial charge on any atom is -0.375 e. The number of nitrogens with one attached hydrogen (secondary N) is 1. The Kier molecular flexibility index (Phi) is 3.65. The van der Waals surface area contributed by atoms with Crippen LogP contribution in [0.3, 0.4) is 0 Å². The smallest absolute Gasteiger partial charge is 0.184 e. The van der Waals surface area contributed by atoms with Crippen molar-refractivity contribution < 1.29 is 0 Å². The number of fused-ring (bicyclic) bond motifs is 1. The first-order valence-electron chi connectivity index (χ1n) is 4.80. The summed E-state index contributed by atoms with van der Waals surface area (Å²) in [5.41, 5.74) is 8.53. The molecule has 0 fully saturated rings. The summed E-state index contributed by atoms with van der Waals surface area (Å²) in [6.45, 7) is 0. The lowest BCUT2D eigenvalue weighted by molar-refractivity contribution is 1.04. The van der Waals surface area contributed by atoms with Gasteiger partial charge in [0.15, 0.2) is 5.11 Å². The number of nitrogens with two attached hydrogens (primary N) is 1. The number of hydrogen-bond donors (Lipinski definition) is 2. The predicted octanol–water partition coefficient (Wildman–Crippen LogP) is 2.16. The van der Waals surface area contributed by atoms with Crippen LogP contribution in [0.15, 0.2) is 40.0 Å². The van der Waals surface area contributed by atoms with Crippen molar-refractivity contribution in [3.8, 4) is 0 Å². The second-order valence-electron chi connectivity index (χ2n) is 3.27. The summed E-state index contributed by atoms with van der Waals surface area (Å²) < 4.78 is 1.02. The number of rotatable bonds is 2. The van der Waals surface area contributed by atoms with E-state index in [0.717, 1.165) is 20.9 Å².